The van der Waals surface area contributed by atoms with Crippen LogP contribution in [0.2, 0.25) is 5.02 Å². The van der Waals surface area contributed by atoms with Gasteiger partial charge in [-0.3, -0.25) is 0 Å². The Morgan fingerprint density at radius 2 is 2.15 bits per heavy atom. The van der Waals surface area contributed by atoms with Gasteiger partial charge in [-0.2, -0.15) is 5.26 Å². The SMILES string of the molecule is CCC(CC)c1nc2cc(Cl)cnc2n1CCCC#N. The van der Waals surface area contributed by atoms with Gasteiger partial charge in [0, 0.05) is 25.1 Å². The number of unbranched alkanes of at least 4 members (excludes halogenated alkanes) is 1. The monoisotopic (exact) mass is 290 g/mol. The molecule has 0 aliphatic heterocycles. The molecule has 106 valence electrons. The van der Waals surface area contributed by atoms with E-state index in [1.807, 2.05) is 6.07 Å². The van der Waals surface area contributed by atoms with Crippen molar-refractivity contribution < 1.29 is 0 Å². The molecule has 0 saturated heterocycles. The number of nitriles is 1. The molecule has 0 unspecified atom stereocenters. The van der Waals surface area contributed by atoms with Crippen LogP contribution in [0.1, 0.15) is 51.3 Å². The van der Waals surface area contributed by atoms with E-state index >= 15 is 0 Å². The Labute approximate surface area is 124 Å². The van der Waals surface area contributed by atoms with Gasteiger partial charge in [0.1, 0.15) is 11.3 Å². The zero-order chi connectivity index (χ0) is 14.5. The van der Waals surface area contributed by atoms with Crippen LogP contribution in [0.15, 0.2) is 12.3 Å². The molecule has 2 rings (SSSR count). The number of nitrogens with zero attached hydrogens (tertiary/aromatic N) is 4. The summed E-state index contributed by atoms with van der Waals surface area (Å²) in [6.45, 7) is 5.13. The van der Waals surface area contributed by atoms with Gasteiger partial charge in [0.25, 0.3) is 0 Å². The third-order valence-electron chi connectivity index (χ3n) is 3.60. The standard InChI is InChI=1S/C15H19ClN4/c1-3-11(4-2)14-19-13-9-12(16)10-18-15(13)20(14)8-6-5-7-17/h9-11H,3-6,8H2,1-2H3. The zero-order valence-electron chi connectivity index (χ0n) is 11.9. The van der Waals surface area contributed by atoms with E-state index in [2.05, 4.69) is 29.5 Å². The summed E-state index contributed by atoms with van der Waals surface area (Å²) in [5.74, 6) is 1.49. The van der Waals surface area contributed by atoms with Crippen LogP contribution in [-0.2, 0) is 6.54 Å². The van der Waals surface area contributed by atoms with Crippen molar-refractivity contribution in [3.05, 3.63) is 23.1 Å². The highest BCUT2D eigenvalue weighted by Crippen LogP contribution is 2.27. The second-order valence-corrected chi connectivity index (χ2v) is 5.33. The van der Waals surface area contributed by atoms with Crippen LogP contribution in [0.5, 0.6) is 0 Å². The fourth-order valence-corrected chi connectivity index (χ4v) is 2.66. The minimum absolute atomic E-state index is 0.421. The first-order valence-electron chi connectivity index (χ1n) is 7.09. The molecule has 0 radical (unpaired) electrons. The maximum absolute atomic E-state index is 8.71. The number of rotatable bonds is 6. The number of fused-ring (bicyclic) bond motifs is 1. The molecular weight excluding hydrogens is 272 g/mol. The third kappa shape index (κ3) is 2.94. The van der Waals surface area contributed by atoms with Gasteiger partial charge in [0.15, 0.2) is 5.65 Å². The number of hydrogen-bond acceptors (Lipinski definition) is 3. The molecule has 0 N–H and O–H groups in total. The van der Waals surface area contributed by atoms with Crippen molar-refractivity contribution >= 4 is 22.8 Å². The maximum Gasteiger partial charge on any atom is 0.160 e. The lowest BCUT2D eigenvalue weighted by Gasteiger charge is -2.14. The zero-order valence-corrected chi connectivity index (χ0v) is 12.7. The van der Waals surface area contributed by atoms with Crippen LogP contribution in [0.3, 0.4) is 0 Å². The van der Waals surface area contributed by atoms with Crippen LogP contribution in [0, 0.1) is 11.3 Å². The Kier molecular flexibility index (Phi) is 4.97. The molecule has 0 atom stereocenters. The van der Waals surface area contributed by atoms with E-state index in [9.17, 15) is 0 Å². The highest BCUT2D eigenvalue weighted by molar-refractivity contribution is 6.31. The van der Waals surface area contributed by atoms with E-state index in [4.69, 9.17) is 21.8 Å². The van der Waals surface area contributed by atoms with Gasteiger partial charge in [-0.1, -0.05) is 25.4 Å². The molecule has 0 bridgehead atoms. The molecule has 0 aliphatic carbocycles. The van der Waals surface area contributed by atoms with Crippen LogP contribution in [0.4, 0.5) is 0 Å². The smallest absolute Gasteiger partial charge is 0.160 e. The Balaban J connectivity index is 2.47. The van der Waals surface area contributed by atoms with Gasteiger partial charge in [-0.25, -0.2) is 9.97 Å². The minimum atomic E-state index is 0.421. The number of aryl methyl sites for hydroxylation is 1. The fraction of sp³-hybridized carbons (Fsp3) is 0.533. The number of halogens is 1. The molecule has 0 aromatic carbocycles. The van der Waals surface area contributed by atoms with Crippen molar-refractivity contribution in [1.82, 2.24) is 14.5 Å². The number of hydrogen-bond donors (Lipinski definition) is 0. The predicted octanol–water partition coefficient (Wildman–Crippen LogP) is 4.29. The van der Waals surface area contributed by atoms with Gasteiger partial charge < -0.3 is 4.57 Å². The largest absolute Gasteiger partial charge is 0.312 e. The van der Waals surface area contributed by atoms with Gasteiger partial charge in [-0.05, 0) is 25.3 Å². The molecule has 2 aromatic heterocycles. The molecule has 4 nitrogen and oxygen atoms in total. The molecule has 0 spiro atoms. The second-order valence-electron chi connectivity index (χ2n) is 4.89. The first-order chi connectivity index (χ1) is 9.71. The lowest BCUT2D eigenvalue weighted by atomic mass is 10.0. The molecule has 2 heterocycles. The van der Waals surface area contributed by atoms with E-state index < -0.39 is 0 Å². The molecule has 20 heavy (non-hydrogen) atoms. The van der Waals surface area contributed by atoms with E-state index in [-0.39, 0.29) is 0 Å². The quantitative estimate of drug-likeness (QED) is 0.746. The summed E-state index contributed by atoms with van der Waals surface area (Å²) in [6.07, 6.45) is 5.12. The van der Waals surface area contributed by atoms with Crippen LogP contribution in [-0.4, -0.2) is 14.5 Å². The normalized spacial score (nSPS) is 11.2. The molecule has 2 aromatic rings. The van der Waals surface area contributed by atoms with Gasteiger partial charge in [0.2, 0.25) is 0 Å². The summed E-state index contributed by atoms with van der Waals surface area (Å²) >= 11 is 6.00. The molecule has 0 fully saturated rings. The molecule has 0 amide bonds. The summed E-state index contributed by atoms with van der Waals surface area (Å²) in [4.78, 5) is 9.14. The lowest BCUT2D eigenvalue weighted by molar-refractivity contribution is 0.542. The summed E-state index contributed by atoms with van der Waals surface area (Å²) < 4.78 is 2.15. The highest BCUT2D eigenvalue weighted by Gasteiger charge is 2.18. The number of pyridine rings is 1. The number of aromatic nitrogens is 3. The molecule has 0 saturated carbocycles. The molecule has 5 heteroatoms. The Hall–Kier alpha value is -1.60. The topological polar surface area (TPSA) is 54.5 Å². The van der Waals surface area contributed by atoms with E-state index in [0.29, 0.717) is 17.4 Å². The van der Waals surface area contributed by atoms with Crippen molar-refractivity contribution in [2.75, 3.05) is 0 Å². The van der Waals surface area contributed by atoms with Crippen molar-refractivity contribution in [3.8, 4) is 6.07 Å². The second kappa shape index (κ2) is 6.71. The minimum Gasteiger partial charge on any atom is -0.312 e. The first kappa shape index (κ1) is 14.8. The first-order valence-corrected chi connectivity index (χ1v) is 7.47. The van der Waals surface area contributed by atoms with Gasteiger partial charge in [-0.15, -0.1) is 0 Å². The molecule has 0 aliphatic rings. The van der Waals surface area contributed by atoms with Crippen LogP contribution >= 0.6 is 11.6 Å². The Morgan fingerprint density at radius 1 is 1.40 bits per heavy atom. The summed E-state index contributed by atoms with van der Waals surface area (Å²) in [7, 11) is 0. The fourth-order valence-electron chi connectivity index (χ4n) is 2.51. The molecular formula is C15H19ClN4. The van der Waals surface area contributed by atoms with Crippen molar-refractivity contribution in [1.29, 1.82) is 5.26 Å². The Bertz CT molecular complexity index is 623. The average Bonchev–Trinajstić information content (AvgIpc) is 2.78. The predicted molar refractivity (Wildman–Crippen MR) is 80.7 cm³/mol. The van der Waals surface area contributed by atoms with Crippen molar-refractivity contribution in [3.63, 3.8) is 0 Å². The van der Waals surface area contributed by atoms with E-state index in [1.54, 1.807) is 6.20 Å². The lowest BCUT2D eigenvalue weighted by Crippen LogP contribution is -2.09. The van der Waals surface area contributed by atoms with Crippen LogP contribution < -0.4 is 0 Å². The highest BCUT2D eigenvalue weighted by atomic mass is 35.5. The Morgan fingerprint density at radius 3 is 2.80 bits per heavy atom. The van der Waals surface area contributed by atoms with E-state index in [0.717, 1.165) is 42.8 Å². The summed E-state index contributed by atoms with van der Waals surface area (Å²) in [5.41, 5.74) is 1.71. The number of imidazole rings is 1. The van der Waals surface area contributed by atoms with Crippen LogP contribution in [0.25, 0.3) is 11.2 Å². The average molecular weight is 291 g/mol. The van der Waals surface area contributed by atoms with Crippen molar-refractivity contribution in [2.24, 2.45) is 0 Å². The van der Waals surface area contributed by atoms with Crippen molar-refractivity contribution in [2.45, 2.75) is 52.0 Å². The summed E-state index contributed by atoms with van der Waals surface area (Å²) in [5, 5.41) is 9.31. The van der Waals surface area contributed by atoms with E-state index in [1.165, 1.54) is 0 Å². The summed E-state index contributed by atoms with van der Waals surface area (Å²) in [6, 6.07) is 4.05. The van der Waals surface area contributed by atoms with Gasteiger partial charge >= 0.3 is 0 Å². The maximum atomic E-state index is 8.71. The van der Waals surface area contributed by atoms with Gasteiger partial charge in [0.05, 0.1) is 11.1 Å². The third-order valence-corrected chi connectivity index (χ3v) is 3.81.